The summed E-state index contributed by atoms with van der Waals surface area (Å²) in [5.74, 6) is -0.598. The quantitative estimate of drug-likeness (QED) is 0.680. The first-order chi connectivity index (χ1) is 8.65. The van der Waals surface area contributed by atoms with Crippen LogP contribution in [-0.2, 0) is 16.1 Å². The van der Waals surface area contributed by atoms with Crippen molar-refractivity contribution in [3.63, 3.8) is 0 Å². The third kappa shape index (κ3) is 3.27. The van der Waals surface area contributed by atoms with Gasteiger partial charge in [0.1, 0.15) is 11.9 Å². The minimum absolute atomic E-state index is 0.113. The zero-order valence-corrected chi connectivity index (χ0v) is 9.70. The van der Waals surface area contributed by atoms with Crippen molar-refractivity contribution in [3.05, 3.63) is 35.6 Å². The van der Waals surface area contributed by atoms with E-state index in [1.165, 1.54) is 12.1 Å². The zero-order valence-electron chi connectivity index (χ0n) is 9.70. The van der Waals surface area contributed by atoms with E-state index in [1.54, 1.807) is 12.1 Å². The number of carbonyl (C=O) groups excluding carboxylic acids is 2. The lowest BCUT2D eigenvalue weighted by atomic mass is 10.2. The van der Waals surface area contributed by atoms with Crippen molar-refractivity contribution >= 4 is 11.8 Å². The van der Waals surface area contributed by atoms with Gasteiger partial charge in [-0.15, -0.1) is 0 Å². The second-order valence-corrected chi connectivity index (χ2v) is 4.08. The summed E-state index contributed by atoms with van der Waals surface area (Å²) in [6, 6.07) is 5.52. The number of hydrogen-bond acceptors (Lipinski definition) is 3. The van der Waals surface area contributed by atoms with E-state index >= 15 is 0 Å². The Labute approximate surface area is 104 Å². The average molecular weight is 251 g/mol. The summed E-state index contributed by atoms with van der Waals surface area (Å²) in [6.45, 7) is 0.772. The fraction of sp³-hybridized carbons (Fsp3) is 0.333. The number of piperazine rings is 1. The van der Waals surface area contributed by atoms with Gasteiger partial charge in [0.05, 0.1) is 6.54 Å². The summed E-state index contributed by atoms with van der Waals surface area (Å²) in [7, 11) is 0. The molecule has 2 amide bonds. The van der Waals surface area contributed by atoms with Crippen LogP contribution in [0.3, 0.4) is 0 Å². The fourth-order valence-corrected chi connectivity index (χ4v) is 1.67. The van der Waals surface area contributed by atoms with Crippen LogP contribution in [0.2, 0.25) is 0 Å². The Morgan fingerprint density at radius 3 is 2.72 bits per heavy atom. The van der Waals surface area contributed by atoms with E-state index < -0.39 is 6.04 Å². The molecule has 5 nitrogen and oxygen atoms in total. The number of amides is 2. The highest BCUT2D eigenvalue weighted by molar-refractivity contribution is 5.86. The van der Waals surface area contributed by atoms with E-state index in [2.05, 4.69) is 16.0 Å². The van der Waals surface area contributed by atoms with E-state index in [0.29, 0.717) is 6.54 Å². The summed E-state index contributed by atoms with van der Waals surface area (Å²) in [6.07, 6.45) is 0. The Hall–Kier alpha value is -1.95. The van der Waals surface area contributed by atoms with E-state index in [0.717, 1.165) is 5.56 Å². The van der Waals surface area contributed by atoms with Crippen molar-refractivity contribution in [1.29, 1.82) is 0 Å². The van der Waals surface area contributed by atoms with Crippen molar-refractivity contribution in [3.8, 4) is 0 Å². The second kappa shape index (κ2) is 5.59. The maximum atomic E-state index is 12.7. The van der Waals surface area contributed by atoms with Crippen molar-refractivity contribution in [2.75, 3.05) is 13.1 Å². The molecule has 0 bridgehead atoms. The third-order valence-corrected chi connectivity index (χ3v) is 2.71. The van der Waals surface area contributed by atoms with E-state index in [4.69, 9.17) is 0 Å². The Kier molecular flexibility index (Phi) is 3.88. The van der Waals surface area contributed by atoms with Gasteiger partial charge in [-0.2, -0.15) is 0 Å². The lowest BCUT2D eigenvalue weighted by Crippen LogP contribution is -2.57. The third-order valence-electron chi connectivity index (χ3n) is 2.71. The average Bonchev–Trinajstić information content (AvgIpc) is 2.38. The number of benzene rings is 1. The molecule has 1 heterocycles. The molecule has 96 valence electrons. The highest BCUT2D eigenvalue weighted by Gasteiger charge is 2.23. The first-order valence-electron chi connectivity index (χ1n) is 5.67. The minimum Gasteiger partial charge on any atom is -0.353 e. The maximum Gasteiger partial charge on any atom is 0.239 e. The Bertz CT molecular complexity index is 437. The number of nitrogens with one attached hydrogen (secondary N) is 3. The lowest BCUT2D eigenvalue weighted by molar-refractivity contribution is -0.126. The van der Waals surface area contributed by atoms with Gasteiger partial charge in [-0.25, -0.2) is 4.39 Å². The van der Waals surface area contributed by atoms with Crippen LogP contribution in [-0.4, -0.2) is 30.9 Å². The van der Waals surface area contributed by atoms with Crippen LogP contribution in [0.25, 0.3) is 0 Å². The van der Waals surface area contributed by atoms with Crippen LogP contribution in [0.1, 0.15) is 5.56 Å². The molecule has 18 heavy (non-hydrogen) atoms. The van der Waals surface area contributed by atoms with Crippen LogP contribution in [0.5, 0.6) is 0 Å². The molecule has 1 aliphatic rings. The molecule has 0 radical (unpaired) electrons. The maximum absolute atomic E-state index is 12.7. The molecule has 2 rings (SSSR count). The van der Waals surface area contributed by atoms with Gasteiger partial charge in [-0.1, -0.05) is 12.1 Å². The predicted molar refractivity (Wildman–Crippen MR) is 63.0 cm³/mol. The molecular weight excluding hydrogens is 237 g/mol. The fourth-order valence-electron chi connectivity index (χ4n) is 1.67. The summed E-state index contributed by atoms with van der Waals surface area (Å²) in [5, 5.41) is 8.16. The molecule has 1 saturated heterocycles. The van der Waals surface area contributed by atoms with Gasteiger partial charge < -0.3 is 10.6 Å². The second-order valence-electron chi connectivity index (χ2n) is 4.08. The van der Waals surface area contributed by atoms with Crippen LogP contribution < -0.4 is 16.0 Å². The summed E-state index contributed by atoms with van der Waals surface area (Å²) < 4.78 is 12.7. The lowest BCUT2D eigenvalue weighted by Gasteiger charge is -2.23. The zero-order chi connectivity index (χ0) is 13.0. The van der Waals surface area contributed by atoms with Crippen molar-refractivity contribution in [1.82, 2.24) is 16.0 Å². The number of hydrogen-bond donors (Lipinski definition) is 3. The highest BCUT2D eigenvalue weighted by Crippen LogP contribution is 2.02. The smallest absolute Gasteiger partial charge is 0.239 e. The normalized spacial score (nSPS) is 19.2. The van der Waals surface area contributed by atoms with E-state index in [1.807, 2.05) is 0 Å². The van der Waals surface area contributed by atoms with Crippen molar-refractivity contribution in [2.45, 2.75) is 12.6 Å². The minimum atomic E-state index is -0.414. The van der Waals surface area contributed by atoms with Gasteiger partial charge in [0.25, 0.3) is 0 Å². The molecule has 1 aliphatic heterocycles. The summed E-state index contributed by atoms with van der Waals surface area (Å²) in [5.41, 5.74) is 0.824. The number of halogens is 1. The molecule has 6 heteroatoms. The van der Waals surface area contributed by atoms with Crippen LogP contribution in [0.4, 0.5) is 4.39 Å². The van der Waals surface area contributed by atoms with Gasteiger partial charge >= 0.3 is 0 Å². The van der Waals surface area contributed by atoms with Crippen molar-refractivity contribution in [2.24, 2.45) is 0 Å². The van der Waals surface area contributed by atoms with Gasteiger partial charge in [0.2, 0.25) is 11.8 Å². The molecule has 0 aromatic heterocycles. The van der Waals surface area contributed by atoms with Crippen LogP contribution >= 0.6 is 0 Å². The van der Waals surface area contributed by atoms with E-state index in [9.17, 15) is 14.0 Å². The molecule has 3 N–H and O–H groups in total. The summed E-state index contributed by atoms with van der Waals surface area (Å²) >= 11 is 0. The first-order valence-corrected chi connectivity index (χ1v) is 5.67. The number of rotatable bonds is 3. The molecule has 0 aliphatic carbocycles. The SMILES string of the molecule is O=C1CNC(C(=O)NCc2ccc(F)cc2)CN1. The largest absolute Gasteiger partial charge is 0.353 e. The molecular formula is C12H14FN3O2. The molecule has 0 saturated carbocycles. The van der Waals surface area contributed by atoms with Crippen LogP contribution in [0.15, 0.2) is 24.3 Å². The van der Waals surface area contributed by atoms with E-state index in [-0.39, 0.29) is 30.7 Å². The molecule has 1 aromatic rings. The van der Waals surface area contributed by atoms with Gasteiger partial charge in [-0.3, -0.25) is 14.9 Å². The number of carbonyl (C=O) groups is 2. The predicted octanol–water partition coefficient (Wildman–Crippen LogP) is -0.470. The topological polar surface area (TPSA) is 70.2 Å². The molecule has 0 spiro atoms. The Morgan fingerprint density at radius 1 is 1.39 bits per heavy atom. The summed E-state index contributed by atoms with van der Waals surface area (Å²) in [4.78, 5) is 22.6. The molecule has 1 aromatic carbocycles. The first kappa shape index (κ1) is 12.5. The van der Waals surface area contributed by atoms with Gasteiger partial charge in [-0.05, 0) is 17.7 Å². The monoisotopic (exact) mass is 251 g/mol. The highest BCUT2D eigenvalue weighted by atomic mass is 19.1. The molecule has 1 unspecified atom stereocenters. The standard InChI is InChI=1S/C12H14FN3O2/c13-9-3-1-8(2-4-9)5-16-12(18)10-6-15-11(17)7-14-10/h1-4,10,14H,5-7H2,(H,15,17)(H,16,18). The molecule has 1 fully saturated rings. The van der Waals surface area contributed by atoms with Gasteiger partial charge in [0.15, 0.2) is 0 Å². The van der Waals surface area contributed by atoms with Crippen LogP contribution in [0, 0.1) is 5.82 Å². The Morgan fingerprint density at radius 2 is 2.11 bits per heavy atom. The Balaban J connectivity index is 1.81. The van der Waals surface area contributed by atoms with Gasteiger partial charge in [0, 0.05) is 13.1 Å². The molecule has 1 atom stereocenters. The van der Waals surface area contributed by atoms with Crippen molar-refractivity contribution < 1.29 is 14.0 Å².